The van der Waals surface area contributed by atoms with E-state index in [4.69, 9.17) is 0 Å². The van der Waals surface area contributed by atoms with Crippen molar-refractivity contribution < 1.29 is 4.79 Å². The molecule has 0 spiro atoms. The SMILES string of the molecule is CCN1CCC(CN2CCN(c3ccc(C(=O)I)cn3)CC2)CC1. The van der Waals surface area contributed by atoms with E-state index in [0.29, 0.717) is 5.56 Å². The van der Waals surface area contributed by atoms with Gasteiger partial charge in [-0.05, 0) is 50.5 Å². The van der Waals surface area contributed by atoms with Crippen molar-refractivity contribution in [1.29, 1.82) is 0 Å². The number of piperidine rings is 1. The first-order valence-corrected chi connectivity index (χ1v) is 10.1. The fourth-order valence-electron chi connectivity index (χ4n) is 3.70. The molecule has 2 saturated heterocycles. The predicted octanol–water partition coefficient (Wildman–Crippen LogP) is 2.51. The third-order valence-corrected chi connectivity index (χ3v) is 5.96. The number of likely N-dealkylation sites (tertiary alicyclic amines) is 1. The molecule has 1 aromatic heterocycles. The number of pyridine rings is 1. The minimum atomic E-state index is 0.0468. The Morgan fingerprint density at radius 1 is 1.12 bits per heavy atom. The number of anilines is 1. The molecular formula is C18H27IN4O. The number of halogens is 1. The normalized spacial score (nSPS) is 21.2. The van der Waals surface area contributed by atoms with Crippen molar-refractivity contribution in [2.75, 3.05) is 57.3 Å². The van der Waals surface area contributed by atoms with E-state index >= 15 is 0 Å². The molecule has 0 aliphatic carbocycles. The average Bonchev–Trinajstić information content (AvgIpc) is 2.63. The van der Waals surface area contributed by atoms with Crippen LogP contribution in [0.2, 0.25) is 0 Å². The van der Waals surface area contributed by atoms with Gasteiger partial charge in [-0.3, -0.25) is 9.69 Å². The number of piperazine rings is 1. The first-order chi connectivity index (χ1) is 11.7. The van der Waals surface area contributed by atoms with Gasteiger partial charge in [-0.1, -0.05) is 6.92 Å². The lowest BCUT2D eigenvalue weighted by Crippen LogP contribution is -2.49. The molecule has 3 heterocycles. The highest BCUT2D eigenvalue weighted by molar-refractivity contribution is 14.1. The van der Waals surface area contributed by atoms with Crippen LogP contribution in [0.15, 0.2) is 18.3 Å². The van der Waals surface area contributed by atoms with E-state index in [-0.39, 0.29) is 3.79 Å². The third-order valence-electron chi connectivity index (χ3n) is 5.34. The van der Waals surface area contributed by atoms with E-state index in [0.717, 1.165) is 37.9 Å². The third kappa shape index (κ3) is 4.67. The largest absolute Gasteiger partial charge is 0.354 e. The number of hydrogen-bond acceptors (Lipinski definition) is 5. The van der Waals surface area contributed by atoms with Gasteiger partial charge in [0, 0.05) is 67.1 Å². The molecule has 0 atom stereocenters. The summed E-state index contributed by atoms with van der Waals surface area (Å²) in [7, 11) is 0. The zero-order valence-corrected chi connectivity index (χ0v) is 16.6. The highest BCUT2D eigenvalue weighted by Gasteiger charge is 2.23. The van der Waals surface area contributed by atoms with Crippen LogP contribution >= 0.6 is 22.6 Å². The maximum Gasteiger partial charge on any atom is 0.223 e. The molecule has 132 valence electrons. The first kappa shape index (κ1) is 18.1. The Morgan fingerprint density at radius 3 is 2.38 bits per heavy atom. The van der Waals surface area contributed by atoms with Crippen molar-refractivity contribution in [3.05, 3.63) is 23.9 Å². The van der Waals surface area contributed by atoms with Crippen LogP contribution in [-0.2, 0) is 0 Å². The molecule has 0 bridgehead atoms. The molecular weight excluding hydrogens is 415 g/mol. The summed E-state index contributed by atoms with van der Waals surface area (Å²) < 4.78 is 0.0468. The monoisotopic (exact) mass is 442 g/mol. The first-order valence-electron chi connectivity index (χ1n) is 9.01. The van der Waals surface area contributed by atoms with Gasteiger partial charge in [-0.15, -0.1) is 0 Å². The Kier molecular flexibility index (Phi) is 6.46. The number of hydrogen-bond donors (Lipinski definition) is 0. The van der Waals surface area contributed by atoms with Crippen LogP contribution in [0.3, 0.4) is 0 Å². The van der Waals surface area contributed by atoms with Crippen LogP contribution in [0.5, 0.6) is 0 Å². The van der Waals surface area contributed by atoms with Crippen molar-refractivity contribution in [1.82, 2.24) is 14.8 Å². The summed E-state index contributed by atoms with van der Waals surface area (Å²) in [5.41, 5.74) is 0.677. The van der Waals surface area contributed by atoms with Crippen LogP contribution in [0, 0.1) is 5.92 Å². The molecule has 0 N–H and O–H groups in total. The minimum absolute atomic E-state index is 0.0468. The highest BCUT2D eigenvalue weighted by Crippen LogP contribution is 2.20. The zero-order valence-electron chi connectivity index (χ0n) is 14.5. The molecule has 2 fully saturated rings. The van der Waals surface area contributed by atoms with Crippen LogP contribution in [0.4, 0.5) is 5.82 Å². The number of aromatic nitrogens is 1. The van der Waals surface area contributed by atoms with E-state index in [1.165, 1.54) is 39.0 Å². The van der Waals surface area contributed by atoms with E-state index in [1.54, 1.807) is 28.8 Å². The molecule has 0 aromatic carbocycles. The Bertz CT molecular complexity index is 534. The van der Waals surface area contributed by atoms with Gasteiger partial charge in [0.1, 0.15) is 5.82 Å². The lowest BCUT2D eigenvalue weighted by Gasteiger charge is -2.39. The highest BCUT2D eigenvalue weighted by atomic mass is 127. The predicted molar refractivity (Wildman–Crippen MR) is 106 cm³/mol. The van der Waals surface area contributed by atoms with Crippen molar-refractivity contribution in [2.24, 2.45) is 5.92 Å². The number of rotatable bonds is 5. The number of carbonyl (C=O) groups excluding carboxylic acids is 1. The van der Waals surface area contributed by atoms with Gasteiger partial charge in [0.25, 0.3) is 0 Å². The second kappa shape index (κ2) is 8.58. The molecule has 3 rings (SSSR count). The average molecular weight is 442 g/mol. The molecule has 2 aliphatic rings. The molecule has 2 aliphatic heterocycles. The standard InChI is InChI=1S/C18H27IN4O/c1-2-21-7-5-15(6-8-21)14-22-9-11-23(12-10-22)17-4-3-16(13-20-17)18(19)24/h3-4,13,15H,2,5-12,14H2,1H3. The van der Waals surface area contributed by atoms with Gasteiger partial charge in [-0.25, -0.2) is 4.98 Å². The summed E-state index contributed by atoms with van der Waals surface area (Å²) in [6.07, 6.45) is 4.39. The minimum Gasteiger partial charge on any atom is -0.354 e. The fraction of sp³-hybridized carbons (Fsp3) is 0.667. The topological polar surface area (TPSA) is 39.7 Å². The summed E-state index contributed by atoms with van der Waals surface area (Å²) in [5.74, 6) is 1.86. The Labute approximate surface area is 158 Å². The summed E-state index contributed by atoms with van der Waals surface area (Å²) in [4.78, 5) is 23.3. The van der Waals surface area contributed by atoms with Crippen LogP contribution in [-0.4, -0.2) is 70.9 Å². The molecule has 0 amide bonds. The fourth-order valence-corrected chi connectivity index (χ4v) is 4.02. The van der Waals surface area contributed by atoms with Gasteiger partial charge in [0.05, 0.1) is 0 Å². The van der Waals surface area contributed by atoms with Crippen molar-refractivity contribution in [2.45, 2.75) is 19.8 Å². The summed E-state index contributed by atoms with van der Waals surface area (Å²) in [6, 6.07) is 3.85. The Balaban J connectivity index is 1.45. The molecule has 0 saturated carbocycles. The lowest BCUT2D eigenvalue weighted by molar-refractivity contribution is 0.110. The lowest BCUT2D eigenvalue weighted by atomic mass is 9.96. The van der Waals surface area contributed by atoms with E-state index in [2.05, 4.69) is 26.6 Å². The summed E-state index contributed by atoms with van der Waals surface area (Å²) in [5, 5.41) is 0. The maximum absolute atomic E-state index is 11.3. The molecule has 1 aromatic rings. The van der Waals surface area contributed by atoms with Gasteiger partial charge < -0.3 is 9.80 Å². The van der Waals surface area contributed by atoms with Crippen LogP contribution in [0.1, 0.15) is 30.1 Å². The van der Waals surface area contributed by atoms with Crippen LogP contribution in [0.25, 0.3) is 0 Å². The van der Waals surface area contributed by atoms with E-state index < -0.39 is 0 Å². The van der Waals surface area contributed by atoms with Crippen molar-refractivity contribution in [3.8, 4) is 0 Å². The molecule has 24 heavy (non-hydrogen) atoms. The van der Waals surface area contributed by atoms with Gasteiger partial charge in [0.15, 0.2) is 0 Å². The van der Waals surface area contributed by atoms with E-state index in [1.807, 2.05) is 12.1 Å². The smallest absolute Gasteiger partial charge is 0.223 e. The second-order valence-corrected chi connectivity index (χ2v) is 7.82. The quantitative estimate of drug-likeness (QED) is 0.518. The summed E-state index contributed by atoms with van der Waals surface area (Å²) >= 11 is 1.80. The van der Waals surface area contributed by atoms with Crippen molar-refractivity contribution in [3.63, 3.8) is 0 Å². The summed E-state index contributed by atoms with van der Waals surface area (Å²) in [6.45, 7) is 11.5. The molecule has 0 radical (unpaired) electrons. The van der Waals surface area contributed by atoms with Gasteiger partial charge in [-0.2, -0.15) is 0 Å². The molecule has 6 heteroatoms. The Hall–Kier alpha value is -0.730. The zero-order chi connectivity index (χ0) is 16.9. The van der Waals surface area contributed by atoms with Crippen LogP contribution < -0.4 is 4.90 Å². The molecule has 0 unspecified atom stereocenters. The van der Waals surface area contributed by atoms with Crippen molar-refractivity contribution >= 4 is 32.2 Å². The number of carbonyl (C=O) groups is 1. The van der Waals surface area contributed by atoms with Gasteiger partial charge in [0.2, 0.25) is 3.79 Å². The van der Waals surface area contributed by atoms with E-state index in [9.17, 15) is 4.79 Å². The van der Waals surface area contributed by atoms with Gasteiger partial charge >= 0.3 is 0 Å². The maximum atomic E-state index is 11.3. The molecule has 5 nitrogen and oxygen atoms in total. The second-order valence-electron chi connectivity index (χ2n) is 6.84. The Morgan fingerprint density at radius 2 is 1.83 bits per heavy atom. The number of nitrogens with zero attached hydrogens (tertiary/aromatic N) is 4.